The molecule has 0 unspecified atom stereocenters. The highest BCUT2D eigenvalue weighted by Crippen LogP contribution is 2.14. The van der Waals surface area contributed by atoms with Crippen LogP contribution in [0.15, 0.2) is 0 Å². The van der Waals surface area contributed by atoms with Crippen LogP contribution in [0, 0.1) is 5.92 Å². The molecule has 1 aliphatic heterocycles. The number of nitrogens with one attached hydrogen (secondary N) is 1. The lowest BCUT2D eigenvalue weighted by molar-refractivity contribution is -0.121. The minimum atomic E-state index is 0.214. The Morgan fingerprint density at radius 3 is 2.38 bits per heavy atom. The first-order chi connectivity index (χ1) is 7.72. The van der Waals surface area contributed by atoms with E-state index in [1.54, 1.807) is 0 Å². The third-order valence-corrected chi connectivity index (χ3v) is 2.90. The Bertz CT molecular complexity index is 175. The van der Waals surface area contributed by atoms with Gasteiger partial charge in [-0.3, -0.25) is 4.79 Å². The highest BCUT2D eigenvalue weighted by molar-refractivity contribution is 5.75. The van der Waals surface area contributed by atoms with E-state index in [0.717, 1.165) is 13.0 Å². The highest BCUT2D eigenvalue weighted by atomic mass is 16.1. The van der Waals surface area contributed by atoms with Crippen molar-refractivity contribution in [2.45, 2.75) is 46.5 Å². The Morgan fingerprint density at radius 2 is 1.88 bits per heavy atom. The van der Waals surface area contributed by atoms with Crippen LogP contribution in [0.4, 0.5) is 0 Å². The number of likely N-dealkylation sites (tertiary alicyclic amines) is 1. The van der Waals surface area contributed by atoms with Crippen LogP contribution < -0.4 is 5.32 Å². The average Bonchev–Trinajstić information content (AvgIpc) is 2.31. The predicted molar refractivity (Wildman–Crippen MR) is 69.5 cm³/mol. The molecule has 1 N–H and O–H groups in total. The summed E-state index contributed by atoms with van der Waals surface area (Å²) in [5.41, 5.74) is 0. The first-order valence-electron chi connectivity index (χ1n) is 6.67. The fraction of sp³-hybridized carbons (Fsp3) is 0.923. The molecule has 0 atom stereocenters. The van der Waals surface area contributed by atoms with Gasteiger partial charge in [0.1, 0.15) is 0 Å². The van der Waals surface area contributed by atoms with E-state index < -0.39 is 0 Å². The Morgan fingerprint density at radius 1 is 1.31 bits per heavy atom. The molecule has 0 radical (unpaired) electrons. The zero-order chi connectivity index (χ0) is 12.4. The minimum absolute atomic E-state index is 0.214. The monoisotopic (exact) mass is 228 g/mol. The normalized spacial score (nSPS) is 17.5. The van der Waals surface area contributed by atoms with Gasteiger partial charge in [-0.1, -0.05) is 20.8 Å². The third kappa shape index (κ3) is 6.83. The summed E-state index contributed by atoms with van der Waals surface area (Å²) in [4.78, 5) is 13.6. The predicted octanol–water partition coefficient (Wildman–Crippen LogP) is 2.27. The van der Waals surface area contributed by atoms with Crippen LogP contribution in [0.2, 0.25) is 0 Å². The number of piperidine rings is 1. The lowest BCUT2D eigenvalue weighted by Crippen LogP contribution is -2.36. The molecule has 3 heteroatoms. The van der Waals surface area contributed by atoms with Crippen molar-refractivity contribution in [2.24, 2.45) is 5.92 Å². The molecule has 3 nitrogen and oxygen atoms in total. The van der Waals surface area contributed by atoms with Crippen LogP contribution in [-0.2, 0) is 4.79 Å². The van der Waals surface area contributed by atoms with E-state index in [2.05, 4.69) is 17.3 Å². The number of hydrogen-bond acceptors (Lipinski definition) is 2. The van der Waals surface area contributed by atoms with Gasteiger partial charge in [0.05, 0.1) is 0 Å². The average molecular weight is 228 g/mol. The fourth-order valence-corrected chi connectivity index (χ4v) is 1.84. The molecule has 96 valence electrons. The van der Waals surface area contributed by atoms with Gasteiger partial charge in [0.2, 0.25) is 5.91 Å². The summed E-state index contributed by atoms with van der Waals surface area (Å²) in [6, 6.07) is 0. The Balaban J connectivity index is 0.00000106. The molecule has 0 aromatic rings. The molecular weight excluding hydrogens is 200 g/mol. The minimum Gasteiger partial charge on any atom is -0.356 e. The zero-order valence-corrected chi connectivity index (χ0v) is 11.4. The molecule has 1 heterocycles. The van der Waals surface area contributed by atoms with Crippen LogP contribution in [0.5, 0.6) is 0 Å². The van der Waals surface area contributed by atoms with Crippen molar-refractivity contribution in [3.8, 4) is 0 Å². The van der Waals surface area contributed by atoms with Crippen molar-refractivity contribution in [1.82, 2.24) is 10.2 Å². The quantitative estimate of drug-likeness (QED) is 0.800. The molecular formula is C13H28N2O. The van der Waals surface area contributed by atoms with Gasteiger partial charge in [-0.2, -0.15) is 0 Å². The first kappa shape index (κ1) is 15.4. The molecule has 1 fully saturated rings. The van der Waals surface area contributed by atoms with Crippen molar-refractivity contribution in [2.75, 3.05) is 26.7 Å². The number of amides is 1. The second-order valence-electron chi connectivity index (χ2n) is 4.30. The summed E-state index contributed by atoms with van der Waals surface area (Å²) in [7, 11) is 2.16. The molecule has 0 bridgehead atoms. The lowest BCUT2D eigenvalue weighted by Gasteiger charge is -2.28. The standard InChI is InChI=1S/C11H22N2O.C2H6/c1-3-4-11(14)12-9-10-5-7-13(2)8-6-10;1-2/h10H,3-9H2,1-2H3,(H,12,14);1-2H3. The molecule has 0 spiro atoms. The summed E-state index contributed by atoms with van der Waals surface area (Å²) in [5, 5.41) is 3.01. The number of nitrogens with zero attached hydrogens (tertiary/aromatic N) is 1. The van der Waals surface area contributed by atoms with Gasteiger partial charge in [-0.25, -0.2) is 0 Å². The topological polar surface area (TPSA) is 32.3 Å². The molecule has 0 aromatic heterocycles. The summed E-state index contributed by atoms with van der Waals surface area (Å²) >= 11 is 0. The van der Waals surface area contributed by atoms with Crippen molar-refractivity contribution < 1.29 is 4.79 Å². The Kier molecular flexibility index (Phi) is 9.30. The number of rotatable bonds is 4. The van der Waals surface area contributed by atoms with Crippen LogP contribution in [-0.4, -0.2) is 37.5 Å². The molecule has 0 aliphatic carbocycles. The smallest absolute Gasteiger partial charge is 0.219 e. The molecule has 1 aliphatic rings. The second kappa shape index (κ2) is 9.64. The van der Waals surface area contributed by atoms with Crippen molar-refractivity contribution >= 4 is 5.91 Å². The van der Waals surface area contributed by atoms with Crippen LogP contribution in [0.25, 0.3) is 0 Å². The van der Waals surface area contributed by atoms with E-state index in [0.29, 0.717) is 12.3 Å². The maximum atomic E-state index is 11.2. The number of carbonyl (C=O) groups is 1. The first-order valence-corrected chi connectivity index (χ1v) is 6.67. The molecule has 0 aromatic carbocycles. The molecule has 16 heavy (non-hydrogen) atoms. The largest absolute Gasteiger partial charge is 0.356 e. The van der Waals surface area contributed by atoms with Gasteiger partial charge in [-0.05, 0) is 45.3 Å². The van der Waals surface area contributed by atoms with E-state index in [1.165, 1.54) is 25.9 Å². The summed E-state index contributed by atoms with van der Waals surface area (Å²) < 4.78 is 0. The van der Waals surface area contributed by atoms with Crippen molar-refractivity contribution in [3.05, 3.63) is 0 Å². The number of carbonyl (C=O) groups excluding carboxylic acids is 1. The molecule has 1 saturated heterocycles. The van der Waals surface area contributed by atoms with Crippen molar-refractivity contribution in [3.63, 3.8) is 0 Å². The SMILES string of the molecule is CC.CCCC(=O)NCC1CCN(C)CC1. The van der Waals surface area contributed by atoms with E-state index in [1.807, 2.05) is 20.8 Å². The van der Waals surface area contributed by atoms with E-state index in [-0.39, 0.29) is 5.91 Å². The van der Waals surface area contributed by atoms with E-state index >= 15 is 0 Å². The molecule has 1 amide bonds. The highest BCUT2D eigenvalue weighted by Gasteiger charge is 2.16. The van der Waals surface area contributed by atoms with Crippen LogP contribution >= 0.6 is 0 Å². The van der Waals surface area contributed by atoms with Gasteiger partial charge < -0.3 is 10.2 Å². The van der Waals surface area contributed by atoms with Gasteiger partial charge in [-0.15, -0.1) is 0 Å². The zero-order valence-electron chi connectivity index (χ0n) is 11.4. The lowest BCUT2D eigenvalue weighted by atomic mass is 9.97. The summed E-state index contributed by atoms with van der Waals surface area (Å²) in [6.45, 7) is 9.27. The Hall–Kier alpha value is -0.570. The molecule has 0 saturated carbocycles. The van der Waals surface area contributed by atoms with Gasteiger partial charge in [0, 0.05) is 13.0 Å². The molecule has 1 rings (SSSR count). The van der Waals surface area contributed by atoms with Crippen LogP contribution in [0.1, 0.15) is 46.5 Å². The third-order valence-electron chi connectivity index (χ3n) is 2.90. The maximum absolute atomic E-state index is 11.2. The van der Waals surface area contributed by atoms with Crippen molar-refractivity contribution in [1.29, 1.82) is 0 Å². The maximum Gasteiger partial charge on any atom is 0.219 e. The van der Waals surface area contributed by atoms with E-state index in [4.69, 9.17) is 0 Å². The van der Waals surface area contributed by atoms with Crippen LogP contribution in [0.3, 0.4) is 0 Å². The Labute approximate surface area is 101 Å². The number of hydrogen-bond donors (Lipinski definition) is 1. The van der Waals surface area contributed by atoms with Gasteiger partial charge in [0.15, 0.2) is 0 Å². The second-order valence-corrected chi connectivity index (χ2v) is 4.30. The summed E-state index contributed by atoms with van der Waals surface area (Å²) in [5.74, 6) is 0.915. The van der Waals surface area contributed by atoms with Gasteiger partial charge in [0.25, 0.3) is 0 Å². The summed E-state index contributed by atoms with van der Waals surface area (Å²) in [6.07, 6.45) is 4.07. The fourth-order valence-electron chi connectivity index (χ4n) is 1.84. The van der Waals surface area contributed by atoms with E-state index in [9.17, 15) is 4.79 Å². The van der Waals surface area contributed by atoms with Gasteiger partial charge >= 0.3 is 0 Å².